The Labute approximate surface area is 71.0 Å². The van der Waals surface area contributed by atoms with Gasteiger partial charge in [-0.1, -0.05) is 0 Å². The van der Waals surface area contributed by atoms with Crippen LogP contribution in [-0.2, 0) is 9.84 Å². The smallest absolute Gasteiger partial charge is 0.199 e. The quantitative estimate of drug-likeness (QED) is 0.460. The Morgan fingerprint density at radius 1 is 1.42 bits per heavy atom. The summed E-state index contributed by atoms with van der Waals surface area (Å²) in [5.74, 6) is 0. The largest absolute Gasteiger partial charge is 0.618 e. The third-order valence-electron chi connectivity index (χ3n) is 1.51. The van der Waals surface area contributed by atoms with E-state index in [4.69, 9.17) is 0 Å². The molecule has 1 aromatic heterocycles. The number of pyridine rings is 1. The van der Waals surface area contributed by atoms with E-state index in [-0.39, 0.29) is 4.90 Å². The van der Waals surface area contributed by atoms with Crippen molar-refractivity contribution < 1.29 is 13.1 Å². The van der Waals surface area contributed by atoms with Gasteiger partial charge in [-0.05, 0) is 6.07 Å². The molecule has 0 aliphatic heterocycles. The lowest BCUT2D eigenvalue weighted by molar-refractivity contribution is -0.614. The molecule has 4 nitrogen and oxygen atoms in total. The molecule has 0 bridgehead atoms. The molecule has 0 aliphatic carbocycles. The van der Waals surface area contributed by atoms with Crippen molar-refractivity contribution in [2.24, 2.45) is 0 Å². The van der Waals surface area contributed by atoms with Crippen LogP contribution in [0.4, 0.5) is 0 Å². The Bertz CT molecular complexity index is 397. The van der Waals surface area contributed by atoms with Gasteiger partial charge in [-0.25, -0.2) is 8.42 Å². The van der Waals surface area contributed by atoms with Crippen LogP contribution < -0.4 is 4.73 Å². The maximum atomic E-state index is 10.9. The first-order chi connectivity index (χ1) is 5.41. The normalized spacial score (nSPS) is 11.5. The van der Waals surface area contributed by atoms with Crippen LogP contribution >= 0.6 is 0 Å². The Morgan fingerprint density at radius 2 is 2.00 bits per heavy atom. The van der Waals surface area contributed by atoms with Gasteiger partial charge in [0, 0.05) is 19.2 Å². The number of rotatable bonds is 1. The van der Waals surface area contributed by atoms with Crippen LogP contribution in [0.3, 0.4) is 0 Å². The van der Waals surface area contributed by atoms with E-state index in [0.29, 0.717) is 10.4 Å². The molecule has 5 heteroatoms. The minimum Gasteiger partial charge on any atom is -0.618 e. The highest BCUT2D eigenvalue weighted by Crippen LogP contribution is 2.04. The third kappa shape index (κ3) is 1.73. The van der Waals surface area contributed by atoms with Crippen LogP contribution in [-0.4, -0.2) is 14.7 Å². The second-order valence-electron chi connectivity index (χ2n) is 2.60. The summed E-state index contributed by atoms with van der Waals surface area (Å²) in [4.78, 5) is 0.0445. The topological polar surface area (TPSA) is 61.1 Å². The van der Waals surface area contributed by atoms with E-state index in [1.54, 1.807) is 6.92 Å². The summed E-state index contributed by atoms with van der Waals surface area (Å²) >= 11 is 0. The van der Waals surface area contributed by atoms with E-state index >= 15 is 0 Å². The maximum Gasteiger partial charge on any atom is 0.199 e. The Hall–Kier alpha value is -1.10. The summed E-state index contributed by atoms with van der Waals surface area (Å²) in [5.41, 5.74) is 0.474. The van der Waals surface area contributed by atoms with Gasteiger partial charge >= 0.3 is 0 Å². The lowest BCUT2D eigenvalue weighted by Gasteiger charge is -2.01. The molecule has 0 aliphatic rings. The lowest BCUT2D eigenvalue weighted by Crippen LogP contribution is -2.30. The van der Waals surface area contributed by atoms with Crippen molar-refractivity contribution in [3.05, 3.63) is 29.2 Å². The highest BCUT2D eigenvalue weighted by atomic mass is 32.2. The average molecular weight is 187 g/mol. The SMILES string of the molecule is Cc1ccc(S(C)(=O)=O)c[n+]1[O-]. The van der Waals surface area contributed by atoms with Gasteiger partial charge in [-0.2, -0.15) is 4.73 Å². The van der Waals surface area contributed by atoms with Gasteiger partial charge in [0.15, 0.2) is 21.7 Å². The Morgan fingerprint density at radius 3 is 2.42 bits per heavy atom. The highest BCUT2D eigenvalue weighted by Gasteiger charge is 2.11. The summed E-state index contributed by atoms with van der Waals surface area (Å²) in [6, 6.07) is 2.89. The molecule has 0 unspecified atom stereocenters. The van der Waals surface area contributed by atoms with Crippen LogP contribution in [0.5, 0.6) is 0 Å². The second-order valence-corrected chi connectivity index (χ2v) is 4.62. The van der Waals surface area contributed by atoms with Gasteiger partial charge in [-0.3, -0.25) is 0 Å². The van der Waals surface area contributed by atoms with Gasteiger partial charge in [0.05, 0.1) is 0 Å². The second kappa shape index (κ2) is 2.75. The molecular formula is C7H9NO3S. The molecule has 0 amide bonds. The van der Waals surface area contributed by atoms with Crippen molar-refractivity contribution in [2.45, 2.75) is 11.8 Å². The Kier molecular flexibility index (Phi) is 2.06. The fourth-order valence-electron chi connectivity index (χ4n) is 0.756. The first-order valence-corrected chi connectivity index (χ1v) is 5.20. The molecule has 1 heterocycles. The molecule has 0 atom stereocenters. The van der Waals surface area contributed by atoms with E-state index < -0.39 is 9.84 Å². The minimum atomic E-state index is -3.26. The first-order valence-electron chi connectivity index (χ1n) is 3.31. The zero-order valence-corrected chi connectivity index (χ0v) is 7.63. The first kappa shape index (κ1) is 8.99. The van der Waals surface area contributed by atoms with E-state index in [1.807, 2.05) is 0 Å². The minimum absolute atomic E-state index is 0.0445. The summed E-state index contributed by atoms with van der Waals surface area (Å²) in [7, 11) is -3.26. The molecule has 66 valence electrons. The summed E-state index contributed by atoms with van der Waals surface area (Å²) in [5, 5.41) is 10.9. The van der Waals surface area contributed by atoms with Crippen molar-refractivity contribution in [1.29, 1.82) is 0 Å². The predicted molar refractivity (Wildman–Crippen MR) is 43.2 cm³/mol. The molecule has 0 aromatic carbocycles. The van der Waals surface area contributed by atoms with E-state index in [2.05, 4.69) is 0 Å². The number of sulfone groups is 1. The van der Waals surface area contributed by atoms with Gasteiger partial charge in [0.25, 0.3) is 0 Å². The summed E-state index contributed by atoms with van der Waals surface area (Å²) in [6.07, 6.45) is 2.13. The number of aryl methyl sites for hydroxylation is 1. The molecule has 0 fully saturated rings. The standard InChI is InChI=1S/C7H9NO3S/c1-6-3-4-7(5-8(6)9)12(2,10)11/h3-5H,1-2H3. The molecule has 0 saturated carbocycles. The number of hydrogen-bond acceptors (Lipinski definition) is 3. The summed E-state index contributed by atoms with van der Waals surface area (Å²) in [6.45, 7) is 1.61. The van der Waals surface area contributed by atoms with Crippen molar-refractivity contribution >= 4 is 9.84 Å². The molecule has 1 aromatic rings. The zero-order chi connectivity index (χ0) is 9.35. The number of nitrogens with zero attached hydrogens (tertiary/aromatic N) is 1. The van der Waals surface area contributed by atoms with Crippen molar-refractivity contribution in [2.75, 3.05) is 6.26 Å². The van der Waals surface area contributed by atoms with Gasteiger partial charge in [0.2, 0.25) is 0 Å². The van der Waals surface area contributed by atoms with Crippen LogP contribution in [0.2, 0.25) is 0 Å². The Balaban J connectivity index is 3.33. The van der Waals surface area contributed by atoms with Gasteiger partial charge < -0.3 is 5.21 Å². The van der Waals surface area contributed by atoms with E-state index in [9.17, 15) is 13.6 Å². The van der Waals surface area contributed by atoms with Crippen molar-refractivity contribution in [3.8, 4) is 0 Å². The van der Waals surface area contributed by atoms with Crippen molar-refractivity contribution in [3.63, 3.8) is 0 Å². The fraction of sp³-hybridized carbons (Fsp3) is 0.286. The van der Waals surface area contributed by atoms with E-state index in [0.717, 1.165) is 12.5 Å². The maximum absolute atomic E-state index is 10.9. The molecular weight excluding hydrogens is 178 g/mol. The molecule has 12 heavy (non-hydrogen) atoms. The van der Waals surface area contributed by atoms with Crippen LogP contribution in [0.25, 0.3) is 0 Å². The lowest BCUT2D eigenvalue weighted by atomic mass is 10.4. The monoisotopic (exact) mass is 187 g/mol. The molecule has 1 rings (SSSR count). The zero-order valence-electron chi connectivity index (χ0n) is 6.81. The molecule has 0 spiro atoms. The molecule has 0 N–H and O–H groups in total. The predicted octanol–water partition coefficient (Wildman–Crippen LogP) is 0.0319. The number of aromatic nitrogens is 1. The van der Waals surface area contributed by atoms with Crippen LogP contribution in [0.15, 0.2) is 23.2 Å². The van der Waals surface area contributed by atoms with Gasteiger partial charge in [-0.15, -0.1) is 0 Å². The third-order valence-corrected chi connectivity index (χ3v) is 2.61. The summed E-state index contributed by atoms with van der Waals surface area (Å²) < 4.78 is 22.4. The van der Waals surface area contributed by atoms with Crippen molar-refractivity contribution in [1.82, 2.24) is 0 Å². The average Bonchev–Trinajstić information content (AvgIpc) is 1.92. The molecule has 0 saturated heterocycles. The fourth-order valence-corrected chi connectivity index (χ4v) is 1.36. The molecule has 0 radical (unpaired) electrons. The highest BCUT2D eigenvalue weighted by molar-refractivity contribution is 7.90. The van der Waals surface area contributed by atoms with E-state index in [1.165, 1.54) is 12.1 Å². The van der Waals surface area contributed by atoms with Crippen LogP contribution in [0, 0.1) is 12.1 Å². The van der Waals surface area contributed by atoms with Crippen LogP contribution in [0.1, 0.15) is 5.69 Å². The van der Waals surface area contributed by atoms with Gasteiger partial charge in [0.1, 0.15) is 4.90 Å². The number of hydrogen-bond donors (Lipinski definition) is 0.